The first-order valence-electron chi connectivity index (χ1n) is 8.61. The number of halogens is 3. The second kappa shape index (κ2) is 8.23. The van der Waals surface area contributed by atoms with Gasteiger partial charge in [-0.05, 0) is 49.4 Å². The topological polar surface area (TPSA) is 108 Å². The summed E-state index contributed by atoms with van der Waals surface area (Å²) in [6.07, 6.45) is -5.83. The maximum Gasteiger partial charge on any atom is 0.417 e. The summed E-state index contributed by atoms with van der Waals surface area (Å²) in [7, 11) is 0. The Bertz CT molecular complexity index is 1140. The largest absolute Gasteiger partial charge is 0.487 e. The first-order valence-corrected chi connectivity index (χ1v) is 8.61. The van der Waals surface area contributed by atoms with Crippen LogP contribution in [0, 0.1) is 22.7 Å². The number of hydrogen-bond acceptors (Lipinski definition) is 6. The third-order valence-electron chi connectivity index (χ3n) is 4.21. The van der Waals surface area contributed by atoms with E-state index < -0.39 is 23.4 Å². The van der Waals surface area contributed by atoms with Gasteiger partial charge in [-0.15, -0.1) is 5.10 Å². The molecule has 0 saturated carbocycles. The number of aliphatic hydroxyl groups is 1. The number of benzene rings is 2. The lowest BCUT2D eigenvalue weighted by atomic mass is 10.1. The number of hydrogen-bond donors (Lipinski definition) is 1. The predicted octanol–water partition coefficient (Wildman–Crippen LogP) is 3.66. The Hall–Kier alpha value is -3.89. The van der Waals surface area contributed by atoms with Gasteiger partial charge in [0.15, 0.2) is 0 Å². The summed E-state index contributed by atoms with van der Waals surface area (Å²) >= 11 is 0. The molecule has 2 aromatic carbocycles. The molecule has 30 heavy (non-hydrogen) atoms. The van der Waals surface area contributed by atoms with Crippen LogP contribution in [0.15, 0.2) is 42.5 Å². The Morgan fingerprint density at radius 1 is 1.13 bits per heavy atom. The number of aromatic nitrogens is 3. The van der Waals surface area contributed by atoms with Crippen LogP contribution in [0.25, 0.3) is 5.69 Å². The van der Waals surface area contributed by atoms with E-state index >= 15 is 0 Å². The number of nitrogens with zero attached hydrogens (tertiary/aromatic N) is 5. The maximum atomic E-state index is 13.3. The summed E-state index contributed by atoms with van der Waals surface area (Å²) in [5.41, 5.74) is -0.790. The van der Waals surface area contributed by atoms with E-state index in [-0.39, 0.29) is 23.7 Å². The van der Waals surface area contributed by atoms with Crippen LogP contribution in [0.5, 0.6) is 5.75 Å². The Kier molecular flexibility index (Phi) is 5.72. The van der Waals surface area contributed by atoms with Crippen LogP contribution in [-0.4, -0.2) is 20.1 Å². The monoisotopic (exact) mass is 413 g/mol. The molecule has 0 radical (unpaired) electrons. The Balaban J connectivity index is 1.95. The molecule has 152 valence electrons. The van der Waals surface area contributed by atoms with Crippen molar-refractivity contribution in [2.75, 3.05) is 0 Å². The molecule has 3 aromatic rings. The highest BCUT2D eigenvalue weighted by molar-refractivity contribution is 5.48. The molecule has 7 nitrogen and oxygen atoms in total. The predicted molar refractivity (Wildman–Crippen MR) is 97.2 cm³/mol. The van der Waals surface area contributed by atoms with Crippen molar-refractivity contribution in [3.05, 3.63) is 70.5 Å². The zero-order chi connectivity index (χ0) is 21.9. The number of aliphatic hydroxyl groups excluding tert-OH is 1. The quantitative estimate of drug-likeness (QED) is 0.684. The summed E-state index contributed by atoms with van der Waals surface area (Å²) in [6.45, 7) is 1.32. The molecular weight excluding hydrogens is 399 g/mol. The lowest BCUT2D eigenvalue weighted by Gasteiger charge is -2.14. The fraction of sp³-hybridized carbons (Fsp3) is 0.200. The van der Waals surface area contributed by atoms with Crippen molar-refractivity contribution in [2.24, 2.45) is 0 Å². The SMILES string of the molecule is CC(O)c1c(COc2ccc(C#N)cc2)nnn1-c1ccc(C#N)c(C(F)(F)F)c1. The molecule has 0 aliphatic carbocycles. The number of nitriles is 2. The number of rotatable bonds is 5. The van der Waals surface area contributed by atoms with E-state index in [1.807, 2.05) is 6.07 Å². The van der Waals surface area contributed by atoms with E-state index in [0.717, 1.165) is 16.8 Å². The van der Waals surface area contributed by atoms with Gasteiger partial charge in [-0.1, -0.05) is 5.21 Å². The highest BCUT2D eigenvalue weighted by Crippen LogP contribution is 2.33. The van der Waals surface area contributed by atoms with Crippen molar-refractivity contribution in [1.29, 1.82) is 10.5 Å². The van der Waals surface area contributed by atoms with E-state index in [0.29, 0.717) is 11.3 Å². The smallest absolute Gasteiger partial charge is 0.417 e. The van der Waals surface area contributed by atoms with Crippen molar-refractivity contribution in [1.82, 2.24) is 15.0 Å². The minimum absolute atomic E-state index is 0.00523. The number of ether oxygens (including phenoxy) is 1. The molecule has 1 aromatic heterocycles. The summed E-state index contributed by atoms with van der Waals surface area (Å²) in [5.74, 6) is 0.442. The number of alkyl halides is 3. The van der Waals surface area contributed by atoms with Gasteiger partial charge in [0.05, 0.1) is 46.3 Å². The summed E-state index contributed by atoms with van der Waals surface area (Å²) < 4.78 is 46.5. The molecule has 1 unspecified atom stereocenters. The van der Waals surface area contributed by atoms with Gasteiger partial charge >= 0.3 is 6.18 Å². The molecule has 0 spiro atoms. The Labute approximate surface area is 169 Å². The molecule has 3 rings (SSSR count). The van der Waals surface area contributed by atoms with Crippen LogP contribution >= 0.6 is 0 Å². The maximum absolute atomic E-state index is 13.3. The molecular formula is C20H14F3N5O2. The highest BCUT2D eigenvalue weighted by atomic mass is 19.4. The van der Waals surface area contributed by atoms with Crippen molar-refractivity contribution in [2.45, 2.75) is 25.8 Å². The van der Waals surface area contributed by atoms with Crippen LogP contribution in [0.2, 0.25) is 0 Å². The second-order valence-corrected chi connectivity index (χ2v) is 6.27. The van der Waals surface area contributed by atoms with Gasteiger partial charge in [-0.2, -0.15) is 23.7 Å². The van der Waals surface area contributed by atoms with E-state index in [2.05, 4.69) is 10.3 Å². The van der Waals surface area contributed by atoms with E-state index in [4.69, 9.17) is 15.3 Å². The summed E-state index contributed by atoms with van der Waals surface area (Å²) in [4.78, 5) is 0. The third-order valence-corrected chi connectivity index (χ3v) is 4.21. The van der Waals surface area contributed by atoms with Crippen molar-refractivity contribution >= 4 is 0 Å². The van der Waals surface area contributed by atoms with Crippen LogP contribution in [0.4, 0.5) is 13.2 Å². The molecule has 0 saturated heterocycles. The van der Waals surface area contributed by atoms with Gasteiger partial charge < -0.3 is 9.84 Å². The van der Waals surface area contributed by atoms with Gasteiger partial charge in [0.25, 0.3) is 0 Å². The van der Waals surface area contributed by atoms with Crippen molar-refractivity contribution < 1.29 is 23.0 Å². The lowest BCUT2D eigenvalue weighted by molar-refractivity contribution is -0.137. The molecule has 0 fully saturated rings. The molecule has 0 amide bonds. The molecule has 1 heterocycles. The summed E-state index contributed by atoms with van der Waals surface area (Å²) in [6, 6.07) is 12.9. The second-order valence-electron chi connectivity index (χ2n) is 6.27. The zero-order valence-electron chi connectivity index (χ0n) is 15.6. The molecule has 1 atom stereocenters. The minimum atomic E-state index is -4.73. The fourth-order valence-corrected chi connectivity index (χ4v) is 2.81. The van der Waals surface area contributed by atoms with Crippen LogP contribution in [0.1, 0.15) is 41.1 Å². The third kappa shape index (κ3) is 4.24. The molecule has 10 heteroatoms. The van der Waals surface area contributed by atoms with Gasteiger partial charge in [-0.25, -0.2) is 4.68 Å². The van der Waals surface area contributed by atoms with E-state index in [1.165, 1.54) is 19.1 Å². The minimum Gasteiger partial charge on any atom is -0.487 e. The zero-order valence-corrected chi connectivity index (χ0v) is 15.6. The van der Waals surface area contributed by atoms with E-state index in [9.17, 15) is 18.3 Å². The molecule has 1 N–H and O–H groups in total. The van der Waals surface area contributed by atoms with Crippen LogP contribution < -0.4 is 4.74 Å². The first kappa shape index (κ1) is 20.8. The van der Waals surface area contributed by atoms with Crippen LogP contribution in [0.3, 0.4) is 0 Å². The average molecular weight is 413 g/mol. The van der Waals surface area contributed by atoms with Crippen molar-refractivity contribution in [3.8, 4) is 23.6 Å². The lowest BCUT2D eigenvalue weighted by Crippen LogP contribution is -2.12. The normalized spacial score (nSPS) is 12.1. The van der Waals surface area contributed by atoms with E-state index in [1.54, 1.807) is 24.3 Å². The Morgan fingerprint density at radius 2 is 1.83 bits per heavy atom. The Morgan fingerprint density at radius 3 is 2.40 bits per heavy atom. The molecule has 0 bridgehead atoms. The first-order chi connectivity index (χ1) is 14.2. The molecule has 0 aliphatic heterocycles. The average Bonchev–Trinajstić information content (AvgIpc) is 3.15. The summed E-state index contributed by atoms with van der Waals surface area (Å²) in [5, 5.41) is 35.7. The van der Waals surface area contributed by atoms with Crippen LogP contribution in [-0.2, 0) is 12.8 Å². The van der Waals surface area contributed by atoms with Gasteiger partial charge in [-0.3, -0.25) is 0 Å². The standard InChI is InChI=1S/C20H14F3N5O2/c1-12(29)19-18(11-30-16-6-2-13(9-24)3-7-16)26-27-28(19)15-5-4-14(10-25)17(8-15)20(21,22)23/h2-8,12,29H,11H2,1H3. The fourth-order valence-electron chi connectivity index (χ4n) is 2.81. The van der Waals surface area contributed by atoms with Gasteiger partial charge in [0, 0.05) is 0 Å². The molecule has 0 aliphatic rings. The van der Waals surface area contributed by atoms with Crippen molar-refractivity contribution in [3.63, 3.8) is 0 Å². The van der Waals surface area contributed by atoms with Gasteiger partial charge in [0.2, 0.25) is 0 Å². The van der Waals surface area contributed by atoms with Gasteiger partial charge in [0.1, 0.15) is 18.1 Å². The highest BCUT2D eigenvalue weighted by Gasteiger charge is 2.34.